The Morgan fingerprint density at radius 1 is 1.14 bits per heavy atom. The summed E-state index contributed by atoms with van der Waals surface area (Å²) in [5, 5.41) is 0. The number of carbonyl (C=O) groups is 1. The fourth-order valence-corrected chi connectivity index (χ4v) is 3.48. The molecule has 3 rings (SSSR count). The lowest BCUT2D eigenvalue weighted by molar-refractivity contribution is -0.116. The summed E-state index contributed by atoms with van der Waals surface area (Å²) in [6, 6.07) is 16.8. The number of fused-ring (bicyclic) bond motifs is 1. The lowest BCUT2D eigenvalue weighted by Gasteiger charge is -2.41. The Labute approximate surface area is 133 Å². The average Bonchev–Trinajstić information content (AvgIpc) is 2.48. The first-order valence-corrected chi connectivity index (χ1v) is 7.95. The second kappa shape index (κ2) is 5.30. The fourth-order valence-electron chi connectivity index (χ4n) is 3.21. The molecule has 3 heteroatoms. The Kier molecular flexibility index (Phi) is 3.62. The molecule has 0 spiro atoms. The van der Waals surface area contributed by atoms with Crippen LogP contribution in [-0.2, 0) is 10.2 Å². The van der Waals surface area contributed by atoms with E-state index in [0.717, 1.165) is 23.1 Å². The van der Waals surface area contributed by atoms with Gasteiger partial charge in [-0.2, -0.15) is 0 Å². The van der Waals surface area contributed by atoms with Gasteiger partial charge in [-0.3, -0.25) is 4.79 Å². The lowest BCUT2D eigenvalue weighted by Crippen LogP contribution is -2.41. The first-order chi connectivity index (χ1) is 10.0. The third-order valence-electron chi connectivity index (χ3n) is 4.49. The van der Waals surface area contributed by atoms with Gasteiger partial charge in [0.1, 0.15) is 0 Å². The molecule has 0 saturated carbocycles. The number of rotatable bonds is 1. The predicted octanol–water partition coefficient (Wildman–Crippen LogP) is 4.51. The van der Waals surface area contributed by atoms with Crippen LogP contribution in [0.15, 0.2) is 53.0 Å². The molecule has 0 saturated heterocycles. The Morgan fingerprint density at radius 2 is 1.81 bits per heavy atom. The van der Waals surface area contributed by atoms with Crippen LogP contribution in [0.3, 0.4) is 0 Å². The quantitative estimate of drug-likeness (QED) is 0.745. The third kappa shape index (κ3) is 2.40. The van der Waals surface area contributed by atoms with Gasteiger partial charge in [-0.05, 0) is 35.7 Å². The van der Waals surface area contributed by atoms with Gasteiger partial charge in [0, 0.05) is 29.0 Å². The molecule has 1 unspecified atom stereocenters. The molecule has 1 heterocycles. The van der Waals surface area contributed by atoms with Crippen LogP contribution >= 0.6 is 15.9 Å². The maximum atomic E-state index is 11.9. The van der Waals surface area contributed by atoms with Crippen molar-refractivity contribution in [2.45, 2.75) is 25.7 Å². The zero-order valence-corrected chi connectivity index (χ0v) is 13.9. The average molecular weight is 344 g/mol. The molecule has 0 fully saturated rings. The lowest BCUT2D eigenvalue weighted by atomic mass is 9.71. The largest absolute Gasteiger partial charge is 0.312 e. The number of hydrogen-bond acceptors (Lipinski definition) is 1. The third-order valence-corrected chi connectivity index (χ3v) is 5.01. The van der Waals surface area contributed by atoms with Crippen molar-refractivity contribution in [3.63, 3.8) is 0 Å². The van der Waals surface area contributed by atoms with Gasteiger partial charge in [0.15, 0.2) is 0 Å². The normalized spacial score (nSPS) is 21.0. The van der Waals surface area contributed by atoms with Crippen molar-refractivity contribution in [2.75, 3.05) is 11.4 Å². The minimum atomic E-state index is -0.0523. The number of carbonyl (C=O) groups excluding carboxylic acids is 1. The summed E-state index contributed by atoms with van der Waals surface area (Å²) in [7, 11) is 0. The van der Waals surface area contributed by atoms with E-state index in [1.165, 1.54) is 11.1 Å². The number of nitrogens with zero attached hydrogens (tertiary/aromatic N) is 1. The molecule has 0 bridgehead atoms. The SMILES string of the molecule is CC(=O)N1CCC(C)(c2ccc(Br)cc2)c2ccccc21. The molecule has 1 aliphatic rings. The highest BCUT2D eigenvalue weighted by molar-refractivity contribution is 9.10. The van der Waals surface area contributed by atoms with Crippen LogP contribution in [0.2, 0.25) is 0 Å². The van der Waals surface area contributed by atoms with Crippen LogP contribution in [0.5, 0.6) is 0 Å². The molecular formula is C18H18BrNO. The number of para-hydroxylation sites is 1. The first kappa shape index (κ1) is 14.3. The standard InChI is InChI=1S/C18H18BrNO/c1-13(21)20-12-11-18(2,14-7-9-15(19)10-8-14)16-5-3-4-6-17(16)20/h3-10H,11-12H2,1-2H3. The van der Waals surface area contributed by atoms with E-state index in [2.05, 4.69) is 59.3 Å². The molecule has 1 atom stereocenters. The molecule has 2 nitrogen and oxygen atoms in total. The fraction of sp³-hybridized carbons (Fsp3) is 0.278. The van der Waals surface area contributed by atoms with Crippen LogP contribution in [-0.4, -0.2) is 12.5 Å². The highest BCUT2D eigenvalue weighted by Crippen LogP contribution is 2.44. The molecule has 0 radical (unpaired) electrons. The Bertz CT molecular complexity index is 680. The van der Waals surface area contributed by atoms with Crippen molar-refractivity contribution in [2.24, 2.45) is 0 Å². The van der Waals surface area contributed by atoms with E-state index in [1.54, 1.807) is 6.92 Å². The summed E-state index contributed by atoms with van der Waals surface area (Å²) >= 11 is 3.49. The van der Waals surface area contributed by atoms with Gasteiger partial charge in [-0.25, -0.2) is 0 Å². The van der Waals surface area contributed by atoms with Gasteiger partial charge >= 0.3 is 0 Å². The second-order valence-electron chi connectivity index (χ2n) is 5.78. The highest BCUT2D eigenvalue weighted by atomic mass is 79.9. The summed E-state index contributed by atoms with van der Waals surface area (Å²) < 4.78 is 1.09. The summed E-state index contributed by atoms with van der Waals surface area (Å²) in [5.74, 6) is 0.111. The molecule has 0 N–H and O–H groups in total. The van der Waals surface area contributed by atoms with Crippen LogP contribution < -0.4 is 4.90 Å². The van der Waals surface area contributed by atoms with E-state index in [4.69, 9.17) is 0 Å². The molecule has 1 amide bonds. The van der Waals surface area contributed by atoms with Crippen molar-refractivity contribution in [3.05, 3.63) is 64.1 Å². The molecule has 1 aliphatic heterocycles. The summed E-state index contributed by atoms with van der Waals surface area (Å²) in [4.78, 5) is 13.8. The van der Waals surface area contributed by atoms with Crippen LogP contribution in [0, 0.1) is 0 Å². The minimum absolute atomic E-state index is 0.0523. The highest BCUT2D eigenvalue weighted by Gasteiger charge is 2.37. The van der Waals surface area contributed by atoms with Crippen LogP contribution in [0.25, 0.3) is 0 Å². The van der Waals surface area contributed by atoms with Crippen molar-refractivity contribution in [3.8, 4) is 0 Å². The summed E-state index contributed by atoms with van der Waals surface area (Å²) in [6.45, 7) is 4.67. The molecule has 2 aromatic rings. The van der Waals surface area contributed by atoms with E-state index in [9.17, 15) is 4.79 Å². The van der Waals surface area contributed by atoms with Gasteiger partial charge in [0.05, 0.1) is 0 Å². The summed E-state index contributed by atoms with van der Waals surface area (Å²) in [5.41, 5.74) is 3.51. The maximum absolute atomic E-state index is 11.9. The predicted molar refractivity (Wildman–Crippen MR) is 89.7 cm³/mol. The van der Waals surface area contributed by atoms with E-state index in [0.29, 0.717) is 0 Å². The molecular weight excluding hydrogens is 326 g/mol. The van der Waals surface area contributed by atoms with E-state index >= 15 is 0 Å². The van der Waals surface area contributed by atoms with Gasteiger partial charge < -0.3 is 4.90 Å². The topological polar surface area (TPSA) is 20.3 Å². The van der Waals surface area contributed by atoms with E-state index in [-0.39, 0.29) is 11.3 Å². The zero-order valence-electron chi connectivity index (χ0n) is 12.3. The van der Waals surface area contributed by atoms with Crippen LogP contribution in [0.1, 0.15) is 31.4 Å². The Morgan fingerprint density at radius 3 is 2.48 bits per heavy atom. The van der Waals surface area contributed by atoms with Crippen molar-refractivity contribution in [1.82, 2.24) is 0 Å². The van der Waals surface area contributed by atoms with E-state index < -0.39 is 0 Å². The monoisotopic (exact) mass is 343 g/mol. The number of hydrogen-bond donors (Lipinski definition) is 0. The Hall–Kier alpha value is -1.61. The van der Waals surface area contributed by atoms with Crippen molar-refractivity contribution < 1.29 is 4.79 Å². The molecule has 108 valence electrons. The Balaban J connectivity index is 2.14. The molecule has 21 heavy (non-hydrogen) atoms. The molecule has 0 aromatic heterocycles. The zero-order chi connectivity index (χ0) is 15.0. The molecule has 0 aliphatic carbocycles. The number of benzene rings is 2. The second-order valence-corrected chi connectivity index (χ2v) is 6.69. The minimum Gasteiger partial charge on any atom is -0.312 e. The maximum Gasteiger partial charge on any atom is 0.223 e. The van der Waals surface area contributed by atoms with Crippen molar-refractivity contribution >= 4 is 27.5 Å². The smallest absolute Gasteiger partial charge is 0.223 e. The van der Waals surface area contributed by atoms with Gasteiger partial charge in [-0.15, -0.1) is 0 Å². The van der Waals surface area contributed by atoms with E-state index in [1.807, 2.05) is 17.0 Å². The van der Waals surface area contributed by atoms with Crippen molar-refractivity contribution in [1.29, 1.82) is 0 Å². The summed E-state index contributed by atoms with van der Waals surface area (Å²) in [6.07, 6.45) is 0.936. The van der Waals surface area contributed by atoms with Gasteiger partial charge in [-0.1, -0.05) is 53.2 Å². The van der Waals surface area contributed by atoms with Gasteiger partial charge in [0.25, 0.3) is 0 Å². The van der Waals surface area contributed by atoms with Gasteiger partial charge in [0.2, 0.25) is 5.91 Å². The first-order valence-electron chi connectivity index (χ1n) is 7.16. The van der Waals surface area contributed by atoms with Crippen LogP contribution in [0.4, 0.5) is 5.69 Å². The number of anilines is 1. The molecule has 2 aromatic carbocycles. The number of halogens is 1. The number of amides is 1.